The SMILES string of the molecule is Cc1cccc(C(=O)N2CCN(C(=O)c3cnc4cnccc4c3)CC2C)c1C. The first-order valence-corrected chi connectivity index (χ1v) is 9.82. The molecule has 1 aliphatic rings. The van der Waals surface area contributed by atoms with Crippen LogP contribution < -0.4 is 0 Å². The minimum absolute atomic E-state index is 0.0330. The highest BCUT2D eigenvalue weighted by molar-refractivity contribution is 5.98. The van der Waals surface area contributed by atoms with Crippen molar-refractivity contribution in [2.45, 2.75) is 26.8 Å². The molecule has 2 amide bonds. The summed E-state index contributed by atoms with van der Waals surface area (Å²) < 4.78 is 0. The number of piperazine rings is 1. The van der Waals surface area contributed by atoms with E-state index in [1.54, 1.807) is 18.6 Å². The predicted octanol–water partition coefficient (Wildman–Crippen LogP) is 3.23. The van der Waals surface area contributed by atoms with E-state index in [9.17, 15) is 9.59 Å². The average Bonchev–Trinajstić information content (AvgIpc) is 2.74. The van der Waals surface area contributed by atoms with Crippen LogP contribution >= 0.6 is 0 Å². The molecule has 1 fully saturated rings. The van der Waals surface area contributed by atoms with Gasteiger partial charge in [0.2, 0.25) is 0 Å². The van der Waals surface area contributed by atoms with Crippen molar-refractivity contribution >= 4 is 22.7 Å². The van der Waals surface area contributed by atoms with Gasteiger partial charge in [-0.15, -0.1) is 0 Å². The van der Waals surface area contributed by atoms with Crippen molar-refractivity contribution in [3.05, 3.63) is 71.2 Å². The second kappa shape index (κ2) is 7.62. The molecule has 4 rings (SSSR count). The van der Waals surface area contributed by atoms with Crippen molar-refractivity contribution in [2.24, 2.45) is 0 Å². The molecule has 0 saturated carbocycles. The van der Waals surface area contributed by atoms with Crippen molar-refractivity contribution in [3.8, 4) is 0 Å². The van der Waals surface area contributed by atoms with E-state index in [2.05, 4.69) is 9.97 Å². The number of fused-ring (bicyclic) bond motifs is 1. The van der Waals surface area contributed by atoms with Crippen molar-refractivity contribution in [1.29, 1.82) is 0 Å². The Labute approximate surface area is 170 Å². The van der Waals surface area contributed by atoms with Gasteiger partial charge in [0.15, 0.2) is 0 Å². The van der Waals surface area contributed by atoms with E-state index in [4.69, 9.17) is 0 Å². The Morgan fingerprint density at radius 2 is 1.90 bits per heavy atom. The van der Waals surface area contributed by atoms with Crippen LogP contribution in [0.5, 0.6) is 0 Å². The molecule has 3 heterocycles. The van der Waals surface area contributed by atoms with Crippen LogP contribution in [0.25, 0.3) is 10.9 Å². The van der Waals surface area contributed by atoms with E-state index >= 15 is 0 Å². The average molecular weight is 388 g/mol. The van der Waals surface area contributed by atoms with Crippen LogP contribution in [0.15, 0.2) is 48.9 Å². The number of carbonyl (C=O) groups is 2. The molecule has 1 aromatic carbocycles. The van der Waals surface area contributed by atoms with Crippen LogP contribution in [-0.4, -0.2) is 57.3 Å². The summed E-state index contributed by atoms with van der Waals surface area (Å²) >= 11 is 0. The third-order valence-electron chi connectivity index (χ3n) is 5.74. The number of nitrogens with zero attached hydrogens (tertiary/aromatic N) is 4. The number of pyridine rings is 2. The van der Waals surface area contributed by atoms with Gasteiger partial charge in [-0.05, 0) is 50.1 Å². The maximum atomic E-state index is 13.1. The van der Waals surface area contributed by atoms with Crippen LogP contribution in [0.4, 0.5) is 0 Å². The first-order valence-electron chi connectivity index (χ1n) is 9.82. The number of carbonyl (C=O) groups excluding carboxylic acids is 2. The highest BCUT2D eigenvalue weighted by Gasteiger charge is 2.31. The highest BCUT2D eigenvalue weighted by Crippen LogP contribution is 2.20. The fourth-order valence-electron chi connectivity index (χ4n) is 3.85. The maximum Gasteiger partial charge on any atom is 0.255 e. The first kappa shape index (κ1) is 19.1. The minimum Gasteiger partial charge on any atom is -0.335 e. The lowest BCUT2D eigenvalue weighted by Gasteiger charge is -2.40. The molecule has 148 valence electrons. The summed E-state index contributed by atoms with van der Waals surface area (Å²) in [5, 5.41) is 0.891. The van der Waals surface area contributed by atoms with Crippen molar-refractivity contribution in [2.75, 3.05) is 19.6 Å². The Hall–Kier alpha value is -3.28. The van der Waals surface area contributed by atoms with Gasteiger partial charge in [-0.25, -0.2) is 0 Å². The Balaban J connectivity index is 1.50. The van der Waals surface area contributed by atoms with Gasteiger partial charge >= 0.3 is 0 Å². The summed E-state index contributed by atoms with van der Waals surface area (Å²) in [7, 11) is 0. The second-order valence-corrected chi connectivity index (χ2v) is 7.64. The maximum absolute atomic E-state index is 13.1. The molecular formula is C23H24N4O2. The fourth-order valence-corrected chi connectivity index (χ4v) is 3.85. The van der Waals surface area contributed by atoms with Crippen molar-refractivity contribution in [3.63, 3.8) is 0 Å². The number of hydrogen-bond acceptors (Lipinski definition) is 4. The van der Waals surface area contributed by atoms with E-state index in [-0.39, 0.29) is 17.9 Å². The molecule has 29 heavy (non-hydrogen) atoms. The molecule has 3 aromatic rings. The predicted molar refractivity (Wildman–Crippen MR) is 112 cm³/mol. The van der Waals surface area contributed by atoms with E-state index in [1.165, 1.54) is 0 Å². The van der Waals surface area contributed by atoms with E-state index < -0.39 is 0 Å². The molecule has 1 aliphatic heterocycles. The monoisotopic (exact) mass is 388 g/mol. The van der Waals surface area contributed by atoms with Crippen LogP contribution in [-0.2, 0) is 0 Å². The van der Waals surface area contributed by atoms with Crippen LogP contribution in [0.1, 0.15) is 38.8 Å². The molecule has 0 radical (unpaired) electrons. The summed E-state index contributed by atoms with van der Waals surface area (Å²) in [5.41, 5.74) is 4.19. The lowest BCUT2D eigenvalue weighted by atomic mass is 10.0. The van der Waals surface area contributed by atoms with Crippen LogP contribution in [0.3, 0.4) is 0 Å². The standard InChI is InChI=1S/C23H24N4O2/c1-15-5-4-6-20(17(15)3)23(29)27-10-9-26(14-16(27)2)22(28)19-11-18-7-8-24-13-21(18)25-12-19/h4-8,11-13,16H,9-10,14H2,1-3H3. The number of aromatic nitrogens is 2. The highest BCUT2D eigenvalue weighted by atomic mass is 16.2. The van der Waals surface area contributed by atoms with Crippen molar-refractivity contribution in [1.82, 2.24) is 19.8 Å². The zero-order valence-corrected chi connectivity index (χ0v) is 16.9. The molecule has 0 spiro atoms. The zero-order valence-electron chi connectivity index (χ0n) is 16.9. The number of benzene rings is 1. The Morgan fingerprint density at radius 3 is 2.69 bits per heavy atom. The molecule has 1 unspecified atom stereocenters. The Kier molecular flexibility index (Phi) is 5.01. The lowest BCUT2D eigenvalue weighted by Crippen LogP contribution is -2.55. The third kappa shape index (κ3) is 3.58. The van der Waals surface area contributed by atoms with Gasteiger partial charge in [-0.3, -0.25) is 19.6 Å². The van der Waals surface area contributed by atoms with E-state index in [0.29, 0.717) is 25.2 Å². The molecule has 0 aliphatic carbocycles. The summed E-state index contributed by atoms with van der Waals surface area (Å²) in [5.74, 6) is -0.0208. The number of rotatable bonds is 2. The topological polar surface area (TPSA) is 66.4 Å². The molecule has 6 heteroatoms. The van der Waals surface area contributed by atoms with Gasteiger partial charge in [0.05, 0.1) is 17.3 Å². The molecular weight excluding hydrogens is 364 g/mol. The lowest BCUT2D eigenvalue weighted by molar-refractivity contribution is 0.0414. The third-order valence-corrected chi connectivity index (χ3v) is 5.74. The zero-order chi connectivity index (χ0) is 20.5. The normalized spacial score (nSPS) is 16.9. The van der Waals surface area contributed by atoms with Gasteiger partial charge in [0, 0.05) is 49.0 Å². The molecule has 1 atom stereocenters. The number of hydrogen-bond donors (Lipinski definition) is 0. The number of amides is 2. The van der Waals surface area contributed by atoms with E-state index in [0.717, 1.165) is 27.6 Å². The quantitative estimate of drug-likeness (QED) is 0.676. The smallest absolute Gasteiger partial charge is 0.255 e. The minimum atomic E-state index is -0.0577. The summed E-state index contributed by atoms with van der Waals surface area (Å²) in [6.45, 7) is 7.52. The summed E-state index contributed by atoms with van der Waals surface area (Å²) in [6.07, 6.45) is 4.98. The summed E-state index contributed by atoms with van der Waals surface area (Å²) in [4.78, 5) is 38.2. The summed E-state index contributed by atoms with van der Waals surface area (Å²) in [6, 6.07) is 9.46. The molecule has 1 saturated heterocycles. The molecule has 0 bridgehead atoms. The largest absolute Gasteiger partial charge is 0.335 e. The fraction of sp³-hybridized carbons (Fsp3) is 0.304. The van der Waals surface area contributed by atoms with Gasteiger partial charge in [0.1, 0.15) is 0 Å². The molecule has 0 N–H and O–H groups in total. The Bertz CT molecular complexity index is 1100. The van der Waals surface area contributed by atoms with Gasteiger partial charge < -0.3 is 9.80 Å². The number of aryl methyl sites for hydroxylation is 1. The van der Waals surface area contributed by atoms with Crippen LogP contribution in [0.2, 0.25) is 0 Å². The van der Waals surface area contributed by atoms with Gasteiger partial charge in [-0.1, -0.05) is 12.1 Å². The van der Waals surface area contributed by atoms with E-state index in [1.807, 2.05) is 60.9 Å². The molecule has 6 nitrogen and oxygen atoms in total. The Morgan fingerprint density at radius 1 is 1.07 bits per heavy atom. The van der Waals surface area contributed by atoms with Crippen LogP contribution in [0, 0.1) is 13.8 Å². The first-order chi connectivity index (χ1) is 14.0. The van der Waals surface area contributed by atoms with Gasteiger partial charge in [0.25, 0.3) is 11.8 Å². The molecule has 2 aromatic heterocycles. The second-order valence-electron chi connectivity index (χ2n) is 7.64. The van der Waals surface area contributed by atoms with Gasteiger partial charge in [-0.2, -0.15) is 0 Å². The van der Waals surface area contributed by atoms with Crippen molar-refractivity contribution < 1.29 is 9.59 Å².